The average molecular weight is 210 g/mol. The van der Waals surface area contributed by atoms with Gasteiger partial charge in [-0.2, -0.15) is 5.10 Å². The molecule has 3 N–H and O–H groups in total. The molecule has 0 bridgehead atoms. The van der Waals surface area contributed by atoms with Gasteiger partial charge in [-0.25, -0.2) is 0 Å². The highest BCUT2D eigenvalue weighted by molar-refractivity contribution is 6.00. The van der Waals surface area contributed by atoms with E-state index in [0.717, 1.165) is 6.21 Å². The van der Waals surface area contributed by atoms with Gasteiger partial charge in [0.25, 0.3) is 5.91 Å². The first-order chi connectivity index (χ1) is 6.88. The number of carbonyl (C=O) groups excluding carboxylic acids is 1. The SMILES string of the molecule is CC(C)(C)n1ncc(C(N)=O)c1/C=N\O. The van der Waals surface area contributed by atoms with E-state index in [0.29, 0.717) is 5.69 Å². The third-order valence-electron chi connectivity index (χ3n) is 1.89. The molecular formula is C9H14N4O2. The minimum Gasteiger partial charge on any atom is -0.411 e. The number of carbonyl (C=O) groups is 1. The molecule has 15 heavy (non-hydrogen) atoms. The monoisotopic (exact) mass is 210 g/mol. The third-order valence-corrected chi connectivity index (χ3v) is 1.89. The lowest BCUT2D eigenvalue weighted by Gasteiger charge is -2.21. The van der Waals surface area contributed by atoms with Crippen LogP contribution in [-0.4, -0.2) is 27.1 Å². The van der Waals surface area contributed by atoms with E-state index in [-0.39, 0.29) is 11.1 Å². The van der Waals surface area contributed by atoms with Gasteiger partial charge in [-0.3, -0.25) is 9.48 Å². The molecule has 0 saturated heterocycles. The topological polar surface area (TPSA) is 93.5 Å². The molecule has 6 nitrogen and oxygen atoms in total. The maximum atomic E-state index is 11.1. The quantitative estimate of drug-likeness (QED) is 0.424. The molecule has 1 aromatic rings. The second-order valence-electron chi connectivity index (χ2n) is 4.13. The molecule has 0 aliphatic heterocycles. The lowest BCUT2D eigenvalue weighted by atomic mass is 10.1. The van der Waals surface area contributed by atoms with Gasteiger partial charge in [-0.15, -0.1) is 0 Å². The van der Waals surface area contributed by atoms with E-state index in [4.69, 9.17) is 10.9 Å². The Kier molecular flexibility index (Phi) is 2.78. The second kappa shape index (κ2) is 3.72. The van der Waals surface area contributed by atoms with Gasteiger partial charge in [0, 0.05) is 0 Å². The predicted octanol–water partition coefficient (Wildman–Crippen LogP) is 0.545. The minimum absolute atomic E-state index is 0.239. The first-order valence-electron chi connectivity index (χ1n) is 4.43. The van der Waals surface area contributed by atoms with Crippen LogP contribution in [0.5, 0.6) is 0 Å². The zero-order valence-corrected chi connectivity index (χ0v) is 8.93. The van der Waals surface area contributed by atoms with Crippen LogP contribution in [0, 0.1) is 0 Å². The van der Waals surface area contributed by atoms with E-state index >= 15 is 0 Å². The average Bonchev–Trinajstić information content (AvgIpc) is 2.47. The van der Waals surface area contributed by atoms with Crippen LogP contribution in [0.1, 0.15) is 36.8 Å². The van der Waals surface area contributed by atoms with Crippen molar-refractivity contribution in [2.45, 2.75) is 26.3 Å². The van der Waals surface area contributed by atoms with Crippen molar-refractivity contribution in [3.63, 3.8) is 0 Å². The van der Waals surface area contributed by atoms with Crippen molar-refractivity contribution in [1.29, 1.82) is 0 Å². The largest absolute Gasteiger partial charge is 0.411 e. The van der Waals surface area contributed by atoms with E-state index in [1.54, 1.807) is 4.68 Å². The van der Waals surface area contributed by atoms with Gasteiger partial charge < -0.3 is 10.9 Å². The highest BCUT2D eigenvalue weighted by Crippen LogP contribution is 2.17. The van der Waals surface area contributed by atoms with Crippen molar-refractivity contribution >= 4 is 12.1 Å². The van der Waals surface area contributed by atoms with Gasteiger partial charge in [0.2, 0.25) is 0 Å². The summed E-state index contributed by atoms with van der Waals surface area (Å²) in [7, 11) is 0. The Morgan fingerprint density at radius 3 is 2.67 bits per heavy atom. The molecule has 0 aliphatic carbocycles. The van der Waals surface area contributed by atoms with Crippen molar-refractivity contribution in [1.82, 2.24) is 9.78 Å². The van der Waals surface area contributed by atoms with E-state index in [1.807, 2.05) is 20.8 Å². The molecule has 1 amide bonds. The summed E-state index contributed by atoms with van der Waals surface area (Å²) < 4.78 is 1.58. The Labute approximate surface area is 87.4 Å². The first kappa shape index (κ1) is 11.2. The lowest BCUT2D eigenvalue weighted by molar-refractivity contribution is 0.1000. The molecule has 0 atom stereocenters. The van der Waals surface area contributed by atoms with Crippen LogP contribution in [0.3, 0.4) is 0 Å². The maximum absolute atomic E-state index is 11.1. The number of hydrogen-bond acceptors (Lipinski definition) is 4. The summed E-state index contributed by atoms with van der Waals surface area (Å²) in [5, 5.41) is 15.5. The summed E-state index contributed by atoms with van der Waals surface area (Å²) in [6, 6.07) is 0. The highest BCUT2D eigenvalue weighted by Gasteiger charge is 2.21. The summed E-state index contributed by atoms with van der Waals surface area (Å²) in [4.78, 5) is 11.1. The molecule has 82 valence electrons. The van der Waals surface area contributed by atoms with E-state index in [1.165, 1.54) is 6.20 Å². The normalized spacial score (nSPS) is 12.2. The van der Waals surface area contributed by atoms with Gasteiger partial charge in [0.15, 0.2) is 0 Å². The summed E-state index contributed by atoms with van der Waals surface area (Å²) >= 11 is 0. The van der Waals surface area contributed by atoms with Crippen molar-refractivity contribution < 1.29 is 10.0 Å². The molecular weight excluding hydrogens is 196 g/mol. The number of amides is 1. The molecule has 0 saturated carbocycles. The van der Waals surface area contributed by atoms with Gasteiger partial charge in [0.1, 0.15) is 0 Å². The zero-order valence-electron chi connectivity index (χ0n) is 8.93. The number of aromatic nitrogens is 2. The van der Waals surface area contributed by atoms with Gasteiger partial charge >= 0.3 is 0 Å². The second-order valence-corrected chi connectivity index (χ2v) is 4.13. The van der Waals surface area contributed by atoms with Crippen LogP contribution in [0.15, 0.2) is 11.4 Å². The van der Waals surface area contributed by atoms with Crippen LogP contribution in [0.2, 0.25) is 0 Å². The fourth-order valence-corrected chi connectivity index (χ4v) is 1.26. The van der Waals surface area contributed by atoms with Crippen molar-refractivity contribution in [2.75, 3.05) is 0 Å². The Morgan fingerprint density at radius 1 is 1.67 bits per heavy atom. The number of oxime groups is 1. The highest BCUT2D eigenvalue weighted by atomic mass is 16.4. The van der Waals surface area contributed by atoms with Crippen LogP contribution >= 0.6 is 0 Å². The molecule has 1 aromatic heterocycles. The van der Waals surface area contributed by atoms with Gasteiger partial charge in [0.05, 0.1) is 29.2 Å². The molecule has 0 unspecified atom stereocenters. The zero-order chi connectivity index (χ0) is 11.6. The Balaban J connectivity index is 3.37. The molecule has 0 fully saturated rings. The Morgan fingerprint density at radius 2 is 2.27 bits per heavy atom. The minimum atomic E-state index is -0.597. The predicted molar refractivity (Wildman–Crippen MR) is 55.1 cm³/mol. The van der Waals surface area contributed by atoms with Crippen LogP contribution in [-0.2, 0) is 5.54 Å². The third kappa shape index (κ3) is 2.15. The first-order valence-corrected chi connectivity index (χ1v) is 4.43. The van der Waals surface area contributed by atoms with Crippen LogP contribution in [0.25, 0.3) is 0 Å². The van der Waals surface area contributed by atoms with Crippen LogP contribution in [0.4, 0.5) is 0 Å². The maximum Gasteiger partial charge on any atom is 0.252 e. The fourth-order valence-electron chi connectivity index (χ4n) is 1.26. The van der Waals surface area contributed by atoms with Gasteiger partial charge in [-0.1, -0.05) is 5.16 Å². The standard InChI is InChI=1S/C9H14N4O2/c1-9(2,3)13-7(5-12-15)6(4-11-13)8(10)14/h4-5,15H,1-3H3,(H2,10,14)/b12-5-. The van der Waals surface area contributed by atoms with Gasteiger partial charge in [-0.05, 0) is 20.8 Å². The number of rotatable bonds is 2. The summed E-state index contributed by atoms with van der Waals surface area (Å²) in [5.74, 6) is -0.597. The molecule has 1 rings (SSSR count). The Hall–Kier alpha value is -1.85. The molecule has 1 heterocycles. The lowest BCUT2D eigenvalue weighted by Crippen LogP contribution is -2.26. The smallest absolute Gasteiger partial charge is 0.252 e. The van der Waals surface area contributed by atoms with Crippen molar-refractivity contribution in [3.05, 3.63) is 17.5 Å². The molecule has 0 aromatic carbocycles. The summed E-state index contributed by atoms with van der Waals surface area (Å²) in [6.07, 6.45) is 2.52. The number of nitrogens with two attached hydrogens (primary N) is 1. The van der Waals surface area contributed by atoms with E-state index in [9.17, 15) is 4.79 Å². The summed E-state index contributed by atoms with van der Waals surface area (Å²) in [6.45, 7) is 5.75. The summed E-state index contributed by atoms with van der Waals surface area (Å²) in [5.41, 5.74) is 5.49. The van der Waals surface area contributed by atoms with E-state index in [2.05, 4.69) is 10.3 Å². The number of primary amides is 1. The molecule has 0 aliphatic rings. The number of nitrogens with zero attached hydrogens (tertiary/aromatic N) is 3. The van der Waals surface area contributed by atoms with E-state index < -0.39 is 5.91 Å². The van der Waals surface area contributed by atoms with Crippen LogP contribution < -0.4 is 5.73 Å². The fraction of sp³-hybridized carbons (Fsp3) is 0.444. The number of hydrogen-bond donors (Lipinski definition) is 2. The van der Waals surface area contributed by atoms with Crippen molar-refractivity contribution in [3.8, 4) is 0 Å². The Bertz CT molecular complexity index is 401. The molecule has 0 spiro atoms. The molecule has 6 heteroatoms. The molecule has 0 radical (unpaired) electrons. The van der Waals surface area contributed by atoms with Crippen molar-refractivity contribution in [2.24, 2.45) is 10.9 Å².